The van der Waals surface area contributed by atoms with Crippen LogP contribution >= 0.6 is 45.2 Å². The molecule has 0 aromatic heterocycles. The van der Waals surface area contributed by atoms with E-state index in [0.29, 0.717) is 0 Å². The molecule has 1 unspecified atom stereocenters. The molecule has 0 aromatic carbocycles. The van der Waals surface area contributed by atoms with Crippen molar-refractivity contribution in [3.05, 3.63) is 0 Å². The van der Waals surface area contributed by atoms with Gasteiger partial charge in [0.05, 0.1) is 0 Å². The van der Waals surface area contributed by atoms with Crippen LogP contribution in [0.4, 0.5) is 65.9 Å². The van der Waals surface area contributed by atoms with E-state index in [2.05, 4.69) is 0 Å². The number of nitrogens with zero attached hydrogens (tertiary/aromatic N) is 1. The number of ether oxygens (including phenoxy) is 2. The SMILES string of the molecule is N#CC(F)(F)C(F)(F)OC(F)(C(F)(F)F)C(F)(F)OC(F)(C(F)(F)I)C(F)(F)I. The summed E-state index contributed by atoms with van der Waals surface area (Å²) < 4.78 is 187. The molecule has 0 amide bonds. The topological polar surface area (TPSA) is 42.2 Å². The molecule has 0 saturated heterocycles. The number of nitriles is 1. The van der Waals surface area contributed by atoms with Gasteiger partial charge in [-0.05, 0) is 0 Å². The Morgan fingerprint density at radius 3 is 1.10 bits per heavy atom. The van der Waals surface area contributed by atoms with Crippen molar-refractivity contribution in [2.24, 2.45) is 0 Å². The summed E-state index contributed by atoms with van der Waals surface area (Å²) >= 11 is -1.38. The van der Waals surface area contributed by atoms with Crippen LogP contribution in [0.1, 0.15) is 0 Å². The van der Waals surface area contributed by atoms with E-state index < -0.39 is 95.1 Å². The van der Waals surface area contributed by atoms with E-state index in [0.717, 1.165) is 0 Å². The molecule has 0 bridgehead atoms. The van der Waals surface area contributed by atoms with Crippen LogP contribution < -0.4 is 0 Å². The van der Waals surface area contributed by atoms with Gasteiger partial charge in [0, 0.05) is 45.2 Å². The van der Waals surface area contributed by atoms with Crippen LogP contribution in [0.25, 0.3) is 0 Å². The fourth-order valence-electron chi connectivity index (χ4n) is 1.11. The Morgan fingerprint density at radius 2 is 0.862 bits per heavy atom. The molecule has 0 aliphatic rings. The quantitative estimate of drug-likeness (QED) is 0.170. The molecule has 0 rings (SSSR count). The molecule has 20 heteroatoms. The third-order valence-electron chi connectivity index (χ3n) is 2.51. The zero-order valence-corrected chi connectivity index (χ0v) is 16.5. The van der Waals surface area contributed by atoms with Crippen LogP contribution in [-0.2, 0) is 9.47 Å². The lowest BCUT2D eigenvalue weighted by Crippen LogP contribution is -2.67. The first-order valence-corrected chi connectivity index (χ1v) is 7.91. The van der Waals surface area contributed by atoms with Crippen molar-refractivity contribution >= 4 is 45.2 Å². The first kappa shape index (κ1) is 28.8. The highest BCUT2D eigenvalue weighted by Crippen LogP contribution is 2.58. The van der Waals surface area contributed by atoms with E-state index >= 15 is 0 Å². The number of rotatable bonds is 8. The van der Waals surface area contributed by atoms with E-state index in [4.69, 9.17) is 5.26 Å². The van der Waals surface area contributed by atoms with E-state index in [1.165, 1.54) is 0 Å². The van der Waals surface area contributed by atoms with Crippen molar-refractivity contribution in [3.63, 3.8) is 0 Å². The van der Waals surface area contributed by atoms with Crippen molar-refractivity contribution in [3.8, 4) is 6.07 Å². The molecular formula is C9F15I2NO2. The molecule has 0 aliphatic heterocycles. The lowest BCUT2D eigenvalue weighted by Gasteiger charge is -2.41. The fourth-order valence-corrected chi connectivity index (χ4v) is 2.52. The smallest absolute Gasteiger partial charge is 0.266 e. The van der Waals surface area contributed by atoms with Crippen molar-refractivity contribution in [2.75, 3.05) is 0 Å². The molecule has 172 valence electrons. The first-order chi connectivity index (χ1) is 12.2. The molecule has 0 fully saturated rings. The zero-order chi connectivity index (χ0) is 24.1. The average Bonchev–Trinajstić information content (AvgIpc) is 2.42. The van der Waals surface area contributed by atoms with Crippen LogP contribution in [0.5, 0.6) is 0 Å². The molecule has 0 spiro atoms. The summed E-state index contributed by atoms with van der Waals surface area (Å²) in [6.07, 6.45) is -22.3. The normalized spacial score (nSPS) is 17.7. The van der Waals surface area contributed by atoms with Crippen LogP contribution in [0.15, 0.2) is 0 Å². The third kappa shape index (κ3) is 5.18. The third-order valence-corrected chi connectivity index (χ3v) is 3.90. The van der Waals surface area contributed by atoms with Gasteiger partial charge in [0.25, 0.3) is 0 Å². The lowest BCUT2D eigenvalue weighted by atomic mass is 10.2. The number of alkyl halides is 17. The number of hydrogen-bond donors (Lipinski definition) is 0. The van der Waals surface area contributed by atoms with Crippen LogP contribution in [-0.4, -0.2) is 43.9 Å². The van der Waals surface area contributed by atoms with Crippen molar-refractivity contribution < 1.29 is 75.3 Å². The maximum absolute atomic E-state index is 13.8. The van der Waals surface area contributed by atoms with E-state index in [1.54, 1.807) is 4.74 Å². The minimum Gasteiger partial charge on any atom is -0.266 e. The second kappa shape index (κ2) is 7.75. The second-order valence-electron chi connectivity index (χ2n) is 4.61. The Balaban J connectivity index is 6.62. The molecule has 29 heavy (non-hydrogen) atoms. The molecule has 3 nitrogen and oxygen atoms in total. The highest BCUT2D eigenvalue weighted by Gasteiger charge is 2.84. The molecule has 0 radical (unpaired) electrons. The Morgan fingerprint density at radius 1 is 0.552 bits per heavy atom. The summed E-state index contributed by atoms with van der Waals surface area (Å²) in [5, 5.41) is 7.69. The summed E-state index contributed by atoms with van der Waals surface area (Å²) in [6, 6.07) is -0.741. The maximum Gasteiger partial charge on any atom is 0.458 e. The van der Waals surface area contributed by atoms with Gasteiger partial charge in [0.15, 0.2) is 0 Å². The first-order valence-electron chi connectivity index (χ1n) is 5.75. The molecule has 0 aromatic rings. The van der Waals surface area contributed by atoms with Gasteiger partial charge in [-0.2, -0.15) is 71.1 Å². The Bertz CT molecular complexity index is 634. The number of halogens is 17. The minimum absolute atomic E-state index is 0.690. The Labute approximate surface area is 175 Å². The van der Waals surface area contributed by atoms with Gasteiger partial charge < -0.3 is 0 Å². The standard InChI is InChI=1S/C9F15I2NO2/c10-2(11,1-27)8(21,22)28-3(12,5(14,15)16)9(23,24)29-4(13,6(17,18)25)7(19,20)26. The summed E-state index contributed by atoms with van der Waals surface area (Å²) in [7, 11) is 0. The Kier molecular flexibility index (Phi) is 7.70. The average molecular weight is 693 g/mol. The summed E-state index contributed by atoms with van der Waals surface area (Å²) in [6.45, 7) is 0. The monoisotopic (exact) mass is 693 g/mol. The van der Waals surface area contributed by atoms with Crippen LogP contribution in [0.2, 0.25) is 0 Å². The second-order valence-corrected chi connectivity index (χ2v) is 7.32. The summed E-state index contributed by atoms with van der Waals surface area (Å²) in [5.74, 6) is -20.6. The van der Waals surface area contributed by atoms with Crippen molar-refractivity contribution in [1.29, 1.82) is 5.26 Å². The van der Waals surface area contributed by atoms with Crippen LogP contribution in [0, 0.1) is 11.3 Å². The summed E-state index contributed by atoms with van der Waals surface area (Å²) in [4.78, 5) is 0. The predicted octanol–water partition coefficient (Wildman–Crippen LogP) is 6.31. The zero-order valence-electron chi connectivity index (χ0n) is 12.2. The number of hydrogen-bond acceptors (Lipinski definition) is 3. The van der Waals surface area contributed by atoms with E-state index in [-0.39, 0.29) is 0 Å². The molecule has 0 aliphatic carbocycles. The van der Waals surface area contributed by atoms with Gasteiger partial charge in [-0.15, -0.1) is 0 Å². The van der Waals surface area contributed by atoms with Gasteiger partial charge in [0.1, 0.15) is 6.07 Å². The Hall–Kier alpha value is -0.180. The van der Waals surface area contributed by atoms with Crippen molar-refractivity contribution in [1.82, 2.24) is 0 Å². The van der Waals surface area contributed by atoms with Crippen molar-refractivity contribution in [2.45, 2.75) is 43.9 Å². The van der Waals surface area contributed by atoms with Crippen LogP contribution in [0.3, 0.4) is 0 Å². The van der Waals surface area contributed by atoms with Gasteiger partial charge >= 0.3 is 43.9 Å². The predicted molar refractivity (Wildman–Crippen MR) is 74.3 cm³/mol. The minimum atomic E-state index is -7.63. The lowest BCUT2D eigenvalue weighted by molar-refractivity contribution is -0.537. The van der Waals surface area contributed by atoms with E-state index in [9.17, 15) is 65.9 Å². The molecule has 0 N–H and O–H groups in total. The highest BCUT2D eigenvalue weighted by atomic mass is 127. The highest BCUT2D eigenvalue weighted by molar-refractivity contribution is 14.1. The molecule has 1 atom stereocenters. The molecular weight excluding hydrogens is 693 g/mol. The van der Waals surface area contributed by atoms with Gasteiger partial charge in [-0.1, -0.05) is 0 Å². The fraction of sp³-hybridized carbons (Fsp3) is 0.889. The van der Waals surface area contributed by atoms with E-state index in [1.807, 2.05) is 4.74 Å². The van der Waals surface area contributed by atoms with Gasteiger partial charge in [-0.3, -0.25) is 9.47 Å². The maximum atomic E-state index is 13.8. The summed E-state index contributed by atoms with van der Waals surface area (Å²) in [5.41, 5.74) is 0. The van der Waals surface area contributed by atoms with Gasteiger partial charge in [-0.25, -0.2) is 0 Å². The molecule has 0 saturated carbocycles. The molecule has 0 heterocycles. The largest absolute Gasteiger partial charge is 0.458 e. The van der Waals surface area contributed by atoms with Gasteiger partial charge in [0.2, 0.25) is 0 Å².